The number of aliphatic hydroxyl groups is 3. The fraction of sp³-hybridized carbons (Fsp3) is 0.192. The van der Waals surface area contributed by atoms with Crippen molar-refractivity contribution in [1.29, 1.82) is 0 Å². The van der Waals surface area contributed by atoms with Crippen LogP contribution in [0, 0.1) is 38.2 Å². The summed E-state index contributed by atoms with van der Waals surface area (Å²) in [5, 5.41) is 29.3. The molecule has 0 saturated carbocycles. The van der Waals surface area contributed by atoms with Gasteiger partial charge in [0, 0.05) is 32.5 Å². The maximum atomic E-state index is 12.1. The monoisotopic (exact) mass is 821 g/mol. The second-order valence-electron chi connectivity index (χ2n) is 6.42. The molecule has 0 saturated heterocycles. The zero-order valence-corrected chi connectivity index (χ0v) is 28.5. The molecule has 0 aliphatic carbocycles. The predicted octanol–water partition coefficient (Wildman–Crippen LogP) is -9.54. The van der Waals surface area contributed by atoms with Crippen LogP contribution in [-0.4, -0.2) is 64.9 Å². The van der Waals surface area contributed by atoms with Crippen LogP contribution >= 0.6 is 0 Å². The minimum atomic E-state index is -0.299. The molecule has 1 heterocycles. The van der Waals surface area contributed by atoms with Crippen molar-refractivity contribution in [1.82, 2.24) is 15.8 Å². The molecule has 3 rings (SSSR count). The van der Waals surface area contributed by atoms with E-state index in [0.29, 0.717) is 33.9 Å². The van der Waals surface area contributed by atoms with Crippen LogP contribution in [-0.2, 0) is 16.4 Å². The molecular formula is C26H42Cl3DyN5O8+3. The number of nitrogens with one attached hydrogen (secondary N) is 2. The van der Waals surface area contributed by atoms with Crippen molar-refractivity contribution >= 4 is 23.2 Å². The standard InChI is InChI=1S/C23H21N5O2.3CH4O.3ClH.Dy.3H2O/c1-16(25-27-22(29)18-10-5-3-6-11-18)20-14-9-15-21(24-20)17(2)26-28-23(30)19-12-7-4-8-13-19;3*1-2;;;;;;;/h3-15H,1-2H3,(H,27,29)(H,28,30);3*2H,1H3;3*1H;;3*1H2/q;;;;;;;+3;;;/b25-16+,26-17+;;;;;;;;;;. The maximum Gasteiger partial charge on any atom is 3.00 e. The smallest absolute Gasteiger partial charge is 1.00 e. The molecule has 0 bridgehead atoms. The fourth-order valence-corrected chi connectivity index (χ4v) is 2.53. The van der Waals surface area contributed by atoms with Crippen LogP contribution in [0.5, 0.6) is 0 Å². The third-order valence-corrected chi connectivity index (χ3v) is 4.21. The number of pyridine rings is 1. The van der Waals surface area contributed by atoms with Crippen LogP contribution in [0.1, 0.15) is 46.0 Å². The fourth-order valence-electron chi connectivity index (χ4n) is 2.53. The van der Waals surface area contributed by atoms with E-state index in [1.165, 1.54) is 0 Å². The summed E-state index contributed by atoms with van der Waals surface area (Å²) in [7, 11) is 3.00. The van der Waals surface area contributed by atoms with E-state index in [1.807, 2.05) is 18.2 Å². The van der Waals surface area contributed by atoms with Crippen LogP contribution in [0.15, 0.2) is 89.1 Å². The van der Waals surface area contributed by atoms with Gasteiger partial charge in [-0.1, -0.05) is 42.5 Å². The van der Waals surface area contributed by atoms with E-state index in [9.17, 15) is 9.59 Å². The molecule has 247 valence electrons. The molecule has 0 aliphatic rings. The predicted molar refractivity (Wildman–Crippen MR) is 156 cm³/mol. The average molecular weight is 822 g/mol. The third kappa shape index (κ3) is 22.9. The maximum absolute atomic E-state index is 12.1. The van der Waals surface area contributed by atoms with Gasteiger partial charge < -0.3 is 69.0 Å². The number of nitrogens with zero attached hydrogens (tertiary/aromatic N) is 3. The molecule has 2 aromatic carbocycles. The first kappa shape index (κ1) is 60.1. The summed E-state index contributed by atoms with van der Waals surface area (Å²) in [5.74, 6) is -0.597. The second-order valence-corrected chi connectivity index (χ2v) is 6.42. The van der Waals surface area contributed by atoms with Gasteiger partial charge in [0.25, 0.3) is 11.8 Å². The summed E-state index contributed by atoms with van der Waals surface area (Å²) >= 11 is 0. The minimum Gasteiger partial charge on any atom is -1.00 e. The Morgan fingerprint density at radius 3 is 1.12 bits per heavy atom. The largest absolute Gasteiger partial charge is 3.00 e. The van der Waals surface area contributed by atoms with Crippen LogP contribution in [0.2, 0.25) is 0 Å². The van der Waals surface area contributed by atoms with Gasteiger partial charge in [-0.25, -0.2) is 15.8 Å². The number of aromatic nitrogens is 1. The molecule has 1 radical (unpaired) electrons. The quantitative estimate of drug-likeness (QED) is 0.0917. The molecule has 14 N–H and O–H groups in total. The van der Waals surface area contributed by atoms with Crippen molar-refractivity contribution in [3.8, 4) is 0 Å². The van der Waals surface area contributed by atoms with Crippen LogP contribution < -0.4 is 48.1 Å². The summed E-state index contributed by atoms with van der Waals surface area (Å²) in [6, 6.07) is 23.1. The Labute approximate surface area is 300 Å². The van der Waals surface area contributed by atoms with Crippen LogP contribution in [0.3, 0.4) is 0 Å². The number of aliphatic hydroxyl groups excluding tert-OH is 3. The van der Waals surface area contributed by atoms with Gasteiger partial charge in [0.15, 0.2) is 0 Å². The van der Waals surface area contributed by atoms with Gasteiger partial charge in [-0.05, 0) is 50.2 Å². The number of hydrogen-bond acceptors (Lipinski definition) is 8. The first-order chi connectivity index (χ1) is 17.5. The number of benzene rings is 2. The SMILES string of the molecule is C/C(=N\NC(=O)c1ccccc1)c1cccc(/C(C)=N/NC(=O)c2ccccc2)n1.CO.CO.CO.[Cl-].[Cl-].[Cl-].[Dy+3].[OH3+].[OH3+].[OH3+]. The van der Waals surface area contributed by atoms with E-state index in [1.54, 1.807) is 74.5 Å². The first-order valence-electron chi connectivity index (χ1n) is 10.7. The summed E-state index contributed by atoms with van der Waals surface area (Å²) in [4.78, 5) is 28.8. The van der Waals surface area contributed by atoms with Crippen molar-refractivity contribution < 1.29 is 117 Å². The zero-order valence-electron chi connectivity index (χ0n) is 24.2. The average Bonchev–Trinajstić information content (AvgIpc) is 2.98. The number of hydrogen-bond donors (Lipinski definition) is 5. The Hall–Kier alpha value is -2.23. The number of amides is 2. The van der Waals surface area contributed by atoms with Gasteiger partial charge in [0.2, 0.25) is 0 Å². The Morgan fingerprint density at radius 1 is 0.558 bits per heavy atom. The van der Waals surface area contributed by atoms with Crippen LogP contribution in [0.4, 0.5) is 0 Å². The van der Waals surface area contributed by atoms with Gasteiger partial charge in [0.05, 0.1) is 22.8 Å². The van der Waals surface area contributed by atoms with Crippen molar-refractivity contribution in [3.05, 3.63) is 101 Å². The van der Waals surface area contributed by atoms with E-state index in [-0.39, 0.29) is 104 Å². The zero-order chi connectivity index (χ0) is 27.3. The summed E-state index contributed by atoms with van der Waals surface area (Å²) in [6.45, 7) is 3.50. The molecule has 0 unspecified atom stereocenters. The molecule has 0 fully saturated rings. The van der Waals surface area contributed by atoms with Crippen LogP contribution in [0.25, 0.3) is 0 Å². The van der Waals surface area contributed by atoms with Gasteiger partial charge in [-0.2, -0.15) is 10.2 Å². The summed E-state index contributed by atoms with van der Waals surface area (Å²) < 4.78 is 0. The van der Waals surface area contributed by atoms with E-state index in [2.05, 4.69) is 26.0 Å². The molecule has 0 atom stereocenters. The van der Waals surface area contributed by atoms with Gasteiger partial charge in [-0.3, -0.25) is 9.59 Å². The number of carbonyl (C=O) groups is 2. The molecule has 17 heteroatoms. The minimum absolute atomic E-state index is 0. The first-order valence-corrected chi connectivity index (χ1v) is 10.7. The Bertz CT molecular complexity index is 1050. The Balaban J connectivity index is -0.000000148. The number of hydrazone groups is 2. The Kier molecular flexibility index (Phi) is 52.8. The number of carbonyl (C=O) groups excluding carboxylic acids is 2. The molecule has 3 aromatic rings. The molecule has 0 spiro atoms. The molecule has 43 heavy (non-hydrogen) atoms. The van der Waals surface area contributed by atoms with Crippen molar-refractivity contribution in [2.24, 2.45) is 10.2 Å². The van der Waals surface area contributed by atoms with Gasteiger partial charge in [0.1, 0.15) is 0 Å². The van der Waals surface area contributed by atoms with E-state index in [0.717, 1.165) is 21.3 Å². The van der Waals surface area contributed by atoms with Crippen molar-refractivity contribution in [3.63, 3.8) is 0 Å². The number of rotatable bonds is 6. The van der Waals surface area contributed by atoms with Crippen molar-refractivity contribution in [2.75, 3.05) is 21.3 Å². The van der Waals surface area contributed by atoms with Crippen molar-refractivity contribution in [2.45, 2.75) is 13.8 Å². The second kappa shape index (κ2) is 37.8. The molecule has 0 aliphatic heterocycles. The van der Waals surface area contributed by atoms with Gasteiger partial charge in [-0.15, -0.1) is 0 Å². The van der Waals surface area contributed by atoms with E-state index < -0.39 is 0 Å². The van der Waals surface area contributed by atoms with E-state index in [4.69, 9.17) is 15.3 Å². The summed E-state index contributed by atoms with van der Waals surface area (Å²) in [6.07, 6.45) is 0. The third-order valence-electron chi connectivity index (χ3n) is 4.21. The topological polar surface area (TPSA) is 255 Å². The number of halogens is 3. The van der Waals surface area contributed by atoms with Gasteiger partial charge >= 0.3 is 38.2 Å². The molecule has 1 aromatic heterocycles. The molecular weight excluding hydrogens is 779 g/mol. The molecule has 2 amide bonds. The summed E-state index contributed by atoms with van der Waals surface area (Å²) in [5.41, 5.74) is 8.36. The Morgan fingerprint density at radius 2 is 0.837 bits per heavy atom. The van der Waals surface area contributed by atoms with E-state index >= 15 is 0 Å². The molecule has 13 nitrogen and oxygen atoms in total. The normalized spacial score (nSPS) is 8.56.